The Balaban J connectivity index is 2.67. The topological polar surface area (TPSA) is 81.2 Å². The Morgan fingerprint density at radius 2 is 2.08 bits per heavy atom. The Morgan fingerprint density at radius 3 is 2.85 bits per heavy atom. The molecule has 1 heterocycles. The van der Waals surface area contributed by atoms with Crippen LogP contribution in [0.15, 0.2) is 28.1 Å². The van der Waals surface area contributed by atoms with Gasteiger partial charge in [0, 0.05) is 0 Å². The molecule has 0 radical (unpaired) electrons. The molecule has 0 saturated carbocycles. The normalized spacial score (nSPS) is 11.4. The number of aromatic nitrogens is 2. The fraction of sp³-hybridized carbons (Fsp3) is 0. The first-order chi connectivity index (χ1) is 6.29. The lowest BCUT2D eigenvalue weighted by Crippen LogP contribution is -1.99. The van der Waals surface area contributed by atoms with Crippen molar-refractivity contribution < 1.29 is 5.21 Å². The zero-order chi connectivity index (χ0) is 9.26. The third kappa shape index (κ3) is 1.31. The van der Waals surface area contributed by atoms with Gasteiger partial charge in [0.2, 0.25) is 0 Å². The fourth-order valence-electron chi connectivity index (χ4n) is 1.20. The molecular weight excluding hydrogens is 170 g/mol. The van der Waals surface area contributed by atoms with E-state index < -0.39 is 0 Å². The predicted octanol–water partition coefficient (Wildman–Crippen LogP) is 0.664. The Bertz CT molecular complexity index is 509. The van der Waals surface area contributed by atoms with Crippen molar-refractivity contribution in [1.82, 2.24) is 9.97 Å². The molecule has 0 aliphatic rings. The second kappa shape index (κ2) is 2.78. The van der Waals surface area contributed by atoms with Gasteiger partial charge in [0.15, 0.2) is 0 Å². The van der Waals surface area contributed by atoms with Crippen molar-refractivity contribution in [2.75, 3.05) is 0 Å². The first-order valence-corrected chi connectivity index (χ1v) is 3.69. The van der Waals surface area contributed by atoms with Crippen LogP contribution in [0.4, 0.5) is 0 Å². The average Bonchev–Trinajstić information content (AvgIpc) is 2.44. The van der Waals surface area contributed by atoms with Crippen molar-refractivity contribution in [3.8, 4) is 0 Å². The molecule has 0 unspecified atom stereocenters. The van der Waals surface area contributed by atoms with Gasteiger partial charge in [-0.3, -0.25) is 0 Å². The third-order valence-electron chi connectivity index (χ3n) is 1.75. The van der Waals surface area contributed by atoms with E-state index in [1.807, 2.05) is 0 Å². The molecule has 0 aliphatic heterocycles. The zero-order valence-corrected chi connectivity index (χ0v) is 6.61. The molecule has 5 nitrogen and oxygen atoms in total. The van der Waals surface area contributed by atoms with Gasteiger partial charge in [-0.1, -0.05) is 11.2 Å². The fourth-order valence-corrected chi connectivity index (χ4v) is 1.20. The third-order valence-corrected chi connectivity index (χ3v) is 1.75. The maximum atomic E-state index is 10.9. The number of oxime groups is 1. The van der Waals surface area contributed by atoms with Crippen molar-refractivity contribution >= 4 is 17.2 Å². The summed E-state index contributed by atoms with van der Waals surface area (Å²) in [4.78, 5) is 16.1. The highest BCUT2D eigenvalue weighted by Gasteiger charge is 1.97. The highest BCUT2D eigenvalue weighted by molar-refractivity contribution is 5.86. The summed E-state index contributed by atoms with van der Waals surface area (Å²) in [5.41, 5.74) is 1.92. The van der Waals surface area contributed by atoms with Gasteiger partial charge >= 0.3 is 5.69 Å². The minimum atomic E-state index is -0.243. The maximum Gasteiger partial charge on any atom is 0.323 e. The number of nitrogens with one attached hydrogen (secondary N) is 2. The number of rotatable bonds is 1. The van der Waals surface area contributed by atoms with Gasteiger partial charge < -0.3 is 15.2 Å². The molecular formula is C8H7N3O2. The van der Waals surface area contributed by atoms with Crippen LogP contribution in [0.25, 0.3) is 11.0 Å². The standard InChI is InChI=1S/C8H7N3O2/c12-8-10-6-2-1-5(4-9-13)3-7(6)11-8/h1-4,13H,(H2,10,11,12)/b9-4+. The summed E-state index contributed by atoms with van der Waals surface area (Å²) in [5.74, 6) is 0. The summed E-state index contributed by atoms with van der Waals surface area (Å²) in [6.07, 6.45) is 1.30. The van der Waals surface area contributed by atoms with E-state index in [1.54, 1.807) is 18.2 Å². The molecule has 3 N–H and O–H groups in total. The molecule has 0 spiro atoms. The summed E-state index contributed by atoms with van der Waals surface area (Å²) in [7, 11) is 0. The SMILES string of the molecule is O=c1[nH]c2ccc(/C=N/O)cc2[nH]1. The van der Waals surface area contributed by atoms with Crippen LogP contribution < -0.4 is 5.69 Å². The Kier molecular flexibility index (Phi) is 1.63. The van der Waals surface area contributed by atoms with Crippen molar-refractivity contribution in [1.29, 1.82) is 0 Å². The summed E-state index contributed by atoms with van der Waals surface area (Å²) >= 11 is 0. The molecule has 0 saturated heterocycles. The summed E-state index contributed by atoms with van der Waals surface area (Å²) in [6.45, 7) is 0. The number of benzene rings is 1. The van der Waals surface area contributed by atoms with Crippen molar-refractivity contribution in [3.63, 3.8) is 0 Å². The monoisotopic (exact) mass is 177 g/mol. The minimum absolute atomic E-state index is 0.243. The van der Waals surface area contributed by atoms with Gasteiger partial charge in [-0.05, 0) is 17.7 Å². The predicted molar refractivity (Wildman–Crippen MR) is 48.3 cm³/mol. The van der Waals surface area contributed by atoms with Crippen LogP contribution in [-0.2, 0) is 0 Å². The average molecular weight is 177 g/mol. The Labute approximate surface area is 72.7 Å². The summed E-state index contributed by atoms with van der Waals surface area (Å²) < 4.78 is 0. The number of imidazole rings is 1. The van der Waals surface area contributed by atoms with E-state index in [4.69, 9.17) is 5.21 Å². The van der Waals surface area contributed by atoms with Gasteiger partial charge in [0.05, 0.1) is 17.2 Å². The van der Waals surface area contributed by atoms with E-state index >= 15 is 0 Å². The maximum absolute atomic E-state index is 10.9. The van der Waals surface area contributed by atoms with E-state index in [-0.39, 0.29) is 5.69 Å². The van der Waals surface area contributed by atoms with Crippen LogP contribution >= 0.6 is 0 Å². The molecule has 1 aromatic heterocycles. The number of hydrogen-bond donors (Lipinski definition) is 3. The van der Waals surface area contributed by atoms with Crippen LogP contribution in [0.1, 0.15) is 5.56 Å². The molecule has 0 atom stereocenters. The Morgan fingerprint density at radius 1 is 1.31 bits per heavy atom. The van der Waals surface area contributed by atoms with Crippen LogP contribution in [0, 0.1) is 0 Å². The lowest BCUT2D eigenvalue weighted by atomic mass is 10.2. The van der Waals surface area contributed by atoms with Crippen LogP contribution in [0.2, 0.25) is 0 Å². The molecule has 5 heteroatoms. The van der Waals surface area contributed by atoms with Crippen molar-refractivity contribution in [2.45, 2.75) is 0 Å². The lowest BCUT2D eigenvalue weighted by molar-refractivity contribution is 0.322. The first kappa shape index (κ1) is 7.60. The largest absolute Gasteiger partial charge is 0.411 e. The lowest BCUT2D eigenvalue weighted by Gasteiger charge is -1.90. The second-order valence-electron chi connectivity index (χ2n) is 2.63. The number of hydrogen-bond acceptors (Lipinski definition) is 3. The van der Waals surface area contributed by atoms with Gasteiger partial charge in [-0.15, -0.1) is 0 Å². The molecule has 2 aromatic rings. The number of aromatic amines is 2. The Hall–Kier alpha value is -2.04. The number of H-pyrrole nitrogens is 2. The highest BCUT2D eigenvalue weighted by atomic mass is 16.4. The molecule has 2 rings (SSSR count). The molecule has 66 valence electrons. The van der Waals surface area contributed by atoms with Crippen LogP contribution in [0.3, 0.4) is 0 Å². The van der Waals surface area contributed by atoms with Gasteiger partial charge in [0.25, 0.3) is 0 Å². The molecule has 0 amide bonds. The quantitative estimate of drug-likeness (QED) is 0.340. The number of fused-ring (bicyclic) bond motifs is 1. The molecule has 0 fully saturated rings. The zero-order valence-electron chi connectivity index (χ0n) is 6.61. The van der Waals surface area contributed by atoms with Gasteiger partial charge in [0.1, 0.15) is 0 Å². The minimum Gasteiger partial charge on any atom is -0.411 e. The van der Waals surface area contributed by atoms with E-state index in [1.165, 1.54) is 6.21 Å². The van der Waals surface area contributed by atoms with Crippen LogP contribution in [0.5, 0.6) is 0 Å². The van der Waals surface area contributed by atoms with Crippen LogP contribution in [-0.4, -0.2) is 21.4 Å². The van der Waals surface area contributed by atoms with E-state index in [9.17, 15) is 4.79 Å². The molecule has 13 heavy (non-hydrogen) atoms. The van der Waals surface area contributed by atoms with Gasteiger partial charge in [-0.25, -0.2) is 4.79 Å². The van der Waals surface area contributed by atoms with Crippen molar-refractivity contribution in [2.24, 2.45) is 5.16 Å². The molecule has 1 aromatic carbocycles. The number of nitrogens with zero attached hydrogens (tertiary/aromatic N) is 1. The summed E-state index contributed by atoms with van der Waals surface area (Å²) in [6, 6.07) is 5.20. The van der Waals surface area contributed by atoms with E-state index in [0.717, 1.165) is 11.1 Å². The van der Waals surface area contributed by atoms with Crippen molar-refractivity contribution in [3.05, 3.63) is 34.2 Å². The summed E-state index contributed by atoms with van der Waals surface area (Å²) in [5, 5.41) is 11.2. The molecule has 0 bridgehead atoms. The smallest absolute Gasteiger partial charge is 0.323 e. The molecule has 0 aliphatic carbocycles. The van der Waals surface area contributed by atoms with E-state index in [0.29, 0.717) is 5.52 Å². The second-order valence-corrected chi connectivity index (χ2v) is 2.63. The highest BCUT2D eigenvalue weighted by Crippen LogP contribution is 2.08. The first-order valence-electron chi connectivity index (χ1n) is 3.69. The van der Waals surface area contributed by atoms with Gasteiger partial charge in [-0.2, -0.15) is 0 Å². The van der Waals surface area contributed by atoms with E-state index in [2.05, 4.69) is 15.1 Å².